The predicted octanol–water partition coefficient (Wildman–Crippen LogP) is 1.96. The second kappa shape index (κ2) is 6.66. The minimum absolute atomic E-state index is 0.193. The Morgan fingerprint density at radius 3 is 2.57 bits per heavy atom. The molecule has 0 bridgehead atoms. The first-order valence-electron chi connectivity index (χ1n) is 7.46. The molecule has 6 heteroatoms. The molecule has 1 heterocycles. The quantitative estimate of drug-likeness (QED) is 0.813. The lowest BCUT2D eigenvalue weighted by atomic mass is 10.1. The van der Waals surface area contributed by atoms with Crippen LogP contribution < -0.4 is 11.1 Å². The fourth-order valence-electron chi connectivity index (χ4n) is 2.77. The summed E-state index contributed by atoms with van der Waals surface area (Å²) in [6.07, 6.45) is 5.02. The number of nitrogens with zero attached hydrogens (tertiary/aromatic N) is 1. The van der Waals surface area contributed by atoms with E-state index in [0.717, 1.165) is 19.6 Å². The minimum Gasteiger partial charge on any atom is -0.396 e. The van der Waals surface area contributed by atoms with Crippen molar-refractivity contribution in [3.05, 3.63) is 18.2 Å². The largest absolute Gasteiger partial charge is 0.396 e. The molecule has 21 heavy (non-hydrogen) atoms. The first kappa shape index (κ1) is 16.1. The molecule has 0 saturated carbocycles. The molecule has 0 radical (unpaired) electrons. The van der Waals surface area contributed by atoms with E-state index < -0.39 is 9.84 Å². The van der Waals surface area contributed by atoms with Crippen molar-refractivity contribution in [3.63, 3.8) is 0 Å². The number of nitrogen functional groups attached to an aromatic ring is 1. The number of sulfone groups is 1. The van der Waals surface area contributed by atoms with Crippen molar-refractivity contribution >= 4 is 21.2 Å². The van der Waals surface area contributed by atoms with E-state index in [9.17, 15) is 8.42 Å². The summed E-state index contributed by atoms with van der Waals surface area (Å²) in [5, 5.41) is 3.29. The number of benzene rings is 1. The highest BCUT2D eigenvalue weighted by molar-refractivity contribution is 7.90. The minimum atomic E-state index is -3.29. The second-order valence-electron chi connectivity index (χ2n) is 5.82. The van der Waals surface area contributed by atoms with Crippen LogP contribution in [0, 0.1) is 0 Å². The SMILES string of the molecule is CC(CNc1cccc(S(C)(=O)=O)c1N)N1CCCCC1. The summed E-state index contributed by atoms with van der Waals surface area (Å²) in [4.78, 5) is 2.66. The van der Waals surface area contributed by atoms with Gasteiger partial charge in [-0.15, -0.1) is 0 Å². The van der Waals surface area contributed by atoms with Crippen molar-refractivity contribution in [2.45, 2.75) is 37.1 Å². The van der Waals surface area contributed by atoms with Crippen LogP contribution in [0.2, 0.25) is 0 Å². The zero-order valence-corrected chi connectivity index (χ0v) is 13.6. The van der Waals surface area contributed by atoms with Crippen molar-refractivity contribution in [1.82, 2.24) is 4.90 Å². The van der Waals surface area contributed by atoms with Crippen LogP contribution in [0.15, 0.2) is 23.1 Å². The van der Waals surface area contributed by atoms with Gasteiger partial charge < -0.3 is 11.1 Å². The smallest absolute Gasteiger partial charge is 0.177 e. The third-order valence-electron chi connectivity index (χ3n) is 4.07. The number of nitrogens with two attached hydrogens (primary N) is 1. The maximum Gasteiger partial charge on any atom is 0.177 e. The lowest BCUT2D eigenvalue weighted by molar-refractivity contribution is 0.180. The third-order valence-corrected chi connectivity index (χ3v) is 5.22. The second-order valence-corrected chi connectivity index (χ2v) is 7.80. The molecule has 1 aliphatic rings. The maximum atomic E-state index is 11.7. The van der Waals surface area contributed by atoms with Gasteiger partial charge in [0.1, 0.15) is 0 Å². The Kier molecular flexibility index (Phi) is 5.11. The number of hydrogen-bond donors (Lipinski definition) is 2. The van der Waals surface area contributed by atoms with Crippen molar-refractivity contribution in [1.29, 1.82) is 0 Å². The number of hydrogen-bond acceptors (Lipinski definition) is 5. The lowest BCUT2D eigenvalue weighted by Gasteiger charge is -2.32. The van der Waals surface area contributed by atoms with Crippen molar-refractivity contribution < 1.29 is 8.42 Å². The molecule has 1 unspecified atom stereocenters. The fraction of sp³-hybridized carbons (Fsp3) is 0.600. The van der Waals surface area contributed by atoms with Gasteiger partial charge in [-0.25, -0.2) is 8.42 Å². The normalized spacial score (nSPS) is 18.4. The standard InChI is InChI=1S/C15H25N3O2S/c1-12(18-9-4-3-5-10-18)11-17-13-7-6-8-14(15(13)16)21(2,19)20/h6-8,12,17H,3-5,9-11,16H2,1-2H3. The Morgan fingerprint density at radius 1 is 1.29 bits per heavy atom. The first-order valence-corrected chi connectivity index (χ1v) is 9.35. The predicted molar refractivity (Wildman–Crippen MR) is 87.3 cm³/mol. The van der Waals surface area contributed by atoms with Gasteiger partial charge in [0.25, 0.3) is 0 Å². The van der Waals surface area contributed by atoms with E-state index in [1.54, 1.807) is 12.1 Å². The highest BCUT2D eigenvalue weighted by Gasteiger charge is 2.18. The van der Waals surface area contributed by atoms with E-state index in [1.807, 2.05) is 6.07 Å². The molecular weight excluding hydrogens is 286 g/mol. The third kappa shape index (κ3) is 4.11. The Labute approximate surface area is 127 Å². The Bertz CT molecular complexity index is 581. The molecular formula is C15H25N3O2S. The Balaban J connectivity index is 2.03. The van der Waals surface area contributed by atoms with Crippen LogP contribution >= 0.6 is 0 Å². The molecule has 5 nitrogen and oxygen atoms in total. The molecule has 1 saturated heterocycles. The number of anilines is 2. The van der Waals surface area contributed by atoms with Crippen LogP contribution in [0.4, 0.5) is 11.4 Å². The van der Waals surface area contributed by atoms with Gasteiger partial charge in [0.15, 0.2) is 9.84 Å². The monoisotopic (exact) mass is 311 g/mol. The molecule has 0 aliphatic carbocycles. The van der Waals surface area contributed by atoms with E-state index in [2.05, 4.69) is 17.1 Å². The van der Waals surface area contributed by atoms with Gasteiger partial charge in [0.2, 0.25) is 0 Å². The average Bonchev–Trinajstić information content (AvgIpc) is 2.45. The molecule has 0 amide bonds. The molecule has 1 fully saturated rings. The van der Waals surface area contributed by atoms with Crippen LogP contribution in [-0.2, 0) is 9.84 Å². The number of nitrogens with one attached hydrogen (secondary N) is 1. The van der Waals surface area contributed by atoms with E-state index in [1.165, 1.54) is 25.5 Å². The fourth-order valence-corrected chi connectivity index (χ4v) is 3.60. The molecule has 2 rings (SSSR count). The van der Waals surface area contributed by atoms with Gasteiger partial charge in [-0.2, -0.15) is 0 Å². The van der Waals surface area contributed by atoms with Gasteiger partial charge in [0, 0.05) is 18.8 Å². The average molecular weight is 311 g/mol. The Hall–Kier alpha value is -1.27. The zero-order chi connectivity index (χ0) is 15.5. The molecule has 1 aromatic carbocycles. The van der Waals surface area contributed by atoms with Crippen LogP contribution in [0.1, 0.15) is 26.2 Å². The van der Waals surface area contributed by atoms with Crippen LogP contribution in [0.5, 0.6) is 0 Å². The molecule has 118 valence electrons. The summed E-state index contributed by atoms with van der Waals surface area (Å²) in [6.45, 7) is 5.23. The zero-order valence-electron chi connectivity index (χ0n) is 12.8. The first-order chi connectivity index (χ1) is 9.89. The highest BCUT2D eigenvalue weighted by Crippen LogP contribution is 2.26. The van der Waals surface area contributed by atoms with E-state index >= 15 is 0 Å². The van der Waals surface area contributed by atoms with Gasteiger partial charge in [-0.05, 0) is 45.0 Å². The molecule has 0 aromatic heterocycles. The van der Waals surface area contributed by atoms with Crippen LogP contribution in [0.25, 0.3) is 0 Å². The van der Waals surface area contributed by atoms with Gasteiger partial charge >= 0.3 is 0 Å². The van der Waals surface area contributed by atoms with E-state index in [0.29, 0.717) is 17.4 Å². The van der Waals surface area contributed by atoms with Gasteiger partial charge in [-0.3, -0.25) is 4.90 Å². The number of piperidine rings is 1. The summed E-state index contributed by atoms with van der Waals surface area (Å²) in [5.41, 5.74) is 6.99. The summed E-state index contributed by atoms with van der Waals surface area (Å²) in [5.74, 6) is 0. The van der Waals surface area contributed by atoms with Crippen molar-refractivity contribution in [2.75, 3.05) is 36.9 Å². The highest BCUT2D eigenvalue weighted by atomic mass is 32.2. The summed E-state index contributed by atoms with van der Waals surface area (Å²) in [7, 11) is -3.29. The lowest BCUT2D eigenvalue weighted by Crippen LogP contribution is -2.41. The number of rotatable bonds is 5. The summed E-state index contributed by atoms with van der Waals surface area (Å²) in [6, 6.07) is 5.50. The number of para-hydroxylation sites is 1. The maximum absolute atomic E-state index is 11.7. The summed E-state index contributed by atoms with van der Waals surface area (Å²) < 4.78 is 23.4. The van der Waals surface area contributed by atoms with Crippen molar-refractivity contribution in [3.8, 4) is 0 Å². The topological polar surface area (TPSA) is 75.4 Å². The summed E-state index contributed by atoms with van der Waals surface area (Å²) >= 11 is 0. The van der Waals surface area contributed by atoms with Gasteiger partial charge in [0.05, 0.1) is 16.3 Å². The van der Waals surface area contributed by atoms with Gasteiger partial charge in [-0.1, -0.05) is 12.5 Å². The van der Waals surface area contributed by atoms with Crippen LogP contribution in [0.3, 0.4) is 0 Å². The van der Waals surface area contributed by atoms with E-state index in [-0.39, 0.29) is 4.90 Å². The van der Waals surface area contributed by atoms with E-state index in [4.69, 9.17) is 5.73 Å². The molecule has 0 spiro atoms. The molecule has 1 aromatic rings. The molecule has 1 aliphatic heterocycles. The Morgan fingerprint density at radius 2 is 1.95 bits per heavy atom. The molecule has 3 N–H and O–H groups in total. The number of likely N-dealkylation sites (tertiary alicyclic amines) is 1. The molecule has 1 atom stereocenters. The van der Waals surface area contributed by atoms with Crippen molar-refractivity contribution in [2.24, 2.45) is 0 Å². The van der Waals surface area contributed by atoms with Crippen LogP contribution in [-0.4, -0.2) is 45.2 Å².